The van der Waals surface area contributed by atoms with Gasteiger partial charge in [0.05, 0.1) is 0 Å². The van der Waals surface area contributed by atoms with Crippen LogP contribution >= 0.6 is 0 Å². The summed E-state index contributed by atoms with van der Waals surface area (Å²) in [6.45, 7) is 4.35. The fourth-order valence-electron chi connectivity index (χ4n) is 5.93. The van der Waals surface area contributed by atoms with Crippen molar-refractivity contribution in [3.8, 4) is 11.8 Å². The zero-order chi connectivity index (χ0) is 26.6. The van der Waals surface area contributed by atoms with Gasteiger partial charge in [0.1, 0.15) is 5.82 Å². The molecular weight excluding hydrogens is 463 g/mol. The van der Waals surface area contributed by atoms with Crippen LogP contribution in [0.15, 0.2) is 66.7 Å². The summed E-state index contributed by atoms with van der Waals surface area (Å²) in [5.41, 5.74) is 4.20. The van der Waals surface area contributed by atoms with Crippen molar-refractivity contribution in [1.82, 2.24) is 0 Å². The first kappa shape index (κ1) is 28.2. The second-order valence-corrected chi connectivity index (χ2v) is 11.3. The molecule has 0 spiro atoms. The van der Waals surface area contributed by atoms with Crippen molar-refractivity contribution in [2.75, 3.05) is 0 Å². The van der Waals surface area contributed by atoms with Crippen molar-refractivity contribution in [1.29, 1.82) is 0 Å². The summed E-state index contributed by atoms with van der Waals surface area (Å²) >= 11 is 0. The number of unbranched alkanes of at least 4 members (excludes halogenated alkanes) is 3. The molecule has 1 saturated carbocycles. The first-order valence-electron chi connectivity index (χ1n) is 15.1. The van der Waals surface area contributed by atoms with E-state index in [1.165, 1.54) is 69.8 Å². The average molecular weight is 509 g/mol. The number of allylic oxidation sites excluding steroid dienone is 2. The summed E-state index contributed by atoms with van der Waals surface area (Å²) in [5.74, 6) is 8.15. The summed E-state index contributed by atoms with van der Waals surface area (Å²) in [4.78, 5) is 0. The number of hydrogen-bond acceptors (Lipinski definition) is 0. The van der Waals surface area contributed by atoms with Gasteiger partial charge in [-0.25, -0.2) is 4.39 Å². The highest BCUT2D eigenvalue weighted by Crippen LogP contribution is 2.34. The maximum absolute atomic E-state index is 15.4. The normalized spacial score (nSPS) is 17.6. The average Bonchev–Trinajstić information content (AvgIpc) is 2.95. The maximum atomic E-state index is 15.4. The molecule has 3 aromatic carbocycles. The minimum absolute atomic E-state index is 0.0448. The van der Waals surface area contributed by atoms with Crippen LogP contribution in [0.25, 0.3) is 10.8 Å². The molecule has 0 aromatic heterocycles. The van der Waals surface area contributed by atoms with Crippen LogP contribution in [0.5, 0.6) is 0 Å². The Labute approximate surface area is 230 Å². The summed E-state index contributed by atoms with van der Waals surface area (Å²) in [6.07, 6.45) is 20.5. The lowest BCUT2D eigenvalue weighted by Gasteiger charge is -2.28. The Kier molecular flexibility index (Phi) is 11.1. The summed E-state index contributed by atoms with van der Waals surface area (Å²) in [7, 11) is 0. The van der Waals surface area contributed by atoms with Gasteiger partial charge in [-0.15, -0.1) is 0 Å². The van der Waals surface area contributed by atoms with Crippen molar-refractivity contribution >= 4 is 10.8 Å². The second-order valence-electron chi connectivity index (χ2n) is 11.3. The van der Waals surface area contributed by atoms with Gasteiger partial charge in [0.25, 0.3) is 0 Å². The van der Waals surface area contributed by atoms with Gasteiger partial charge in [-0.2, -0.15) is 0 Å². The quantitative estimate of drug-likeness (QED) is 0.137. The molecule has 0 bridgehead atoms. The van der Waals surface area contributed by atoms with Crippen LogP contribution in [0, 0.1) is 29.5 Å². The molecule has 0 nitrogen and oxygen atoms in total. The Morgan fingerprint density at radius 2 is 1.50 bits per heavy atom. The number of rotatable bonds is 11. The zero-order valence-electron chi connectivity index (χ0n) is 23.6. The lowest BCUT2D eigenvalue weighted by molar-refractivity contribution is 0.254. The largest absolute Gasteiger partial charge is 0.206 e. The molecule has 1 aliphatic rings. The van der Waals surface area contributed by atoms with E-state index in [4.69, 9.17) is 0 Å². The number of benzene rings is 3. The molecule has 1 fully saturated rings. The van der Waals surface area contributed by atoms with E-state index in [-0.39, 0.29) is 5.82 Å². The van der Waals surface area contributed by atoms with Crippen molar-refractivity contribution in [3.05, 3.63) is 94.8 Å². The molecule has 3 aromatic rings. The van der Waals surface area contributed by atoms with Gasteiger partial charge in [0, 0.05) is 16.5 Å². The third-order valence-electron chi connectivity index (χ3n) is 8.42. The van der Waals surface area contributed by atoms with E-state index in [0.717, 1.165) is 53.2 Å². The fourth-order valence-corrected chi connectivity index (χ4v) is 5.93. The van der Waals surface area contributed by atoms with Crippen LogP contribution in [0.4, 0.5) is 4.39 Å². The standard InChI is InChI=1S/C37H45F/c1-3-5-7-9-11-30-12-16-31(17-13-30)20-21-33-23-27-36-35(28-33)26-25-34(37(36)38)24-22-32-18-14-29(15-19-32)10-8-6-4-2/h4,6,12-13,16-17,23,25-29,32H,3,5,7-11,14-15,18-19,22,24H2,1-2H3/b6-4+. The highest BCUT2D eigenvalue weighted by atomic mass is 19.1. The first-order valence-corrected chi connectivity index (χ1v) is 15.1. The molecule has 1 heteroatoms. The molecule has 0 unspecified atom stereocenters. The summed E-state index contributed by atoms with van der Waals surface area (Å²) in [5, 5.41) is 1.65. The van der Waals surface area contributed by atoms with Gasteiger partial charge in [0.15, 0.2) is 0 Å². The monoisotopic (exact) mass is 508 g/mol. The SMILES string of the molecule is C/C=C/CCC1CCC(CCc2ccc3cc(C#Cc4ccc(CCCCCC)cc4)ccc3c2F)CC1. The van der Waals surface area contributed by atoms with Crippen LogP contribution in [-0.4, -0.2) is 0 Å². The predicted octanol–water partition coefficient (Wildman–Crippen LogP) is 10.6. The molecule has 0 N–H and O–H groups in total. The highest BCUT2D eigenvalue weighted by molar-refractivity contribution is 5.85. The molecule has 0 radical (unpaired) electrons. The Hall–Kier alpha value is -2.85. The van der Waals surface area contributed by atoms with Crippen molar-refractivity contribution in [3.63, 3.8) is 0 Å². The molecule has 0 aliphatic heterocycles. The molecule has 38 heavy (non-hydrogen) atoms. The molecule has 0 saturated heterocycles. The summed E-state index contributed by atoms with van der Waals surface area (Å²) < 4.78 is 15.4. The smallest absolute Gasteiger partial charge is 0.134 e. The zero-order valence-corrected chi connectivity index (χ0v) is 23.6. The van der Waals surface area contributed by atoms with Gasteiger partial charge >= 0.3 is 0 Å². The molecule has 0 amide bonds. The van der Waals surface area contributed by atoms with Crippen LogP contribution in [0.2, 0.25) is 0 Å². The van der Waals surface area contributed by atoms with Crippen molar-refractivity contribution < 1.29 is 4.39 Å². The lowest BCUT2D eigenvalue weighted by atomic mass is 9.78. The summed E-state index contributed by atoms with van der Waals surface area (Å²) in [6, 6.07) is 18.6. The lowest BCUT2D eigenvalue weighted by Crippen LogP contribution is -2.15. The number of halogens is 1. The van der Waals surface area contributed by atoms with Gasteiger partial charge in [-0.1, -0.05) is 106 Å². The molecule has 0 atom stereocenters. The first-order chi connectivity index (χ1) is 18.7. The molecule has 1 aliphatic carbocycles. The number of aryl methyl sites for hydroxylation is 2. The Balaban J connectivity index is 1.31. The number of fused-ring (bicyclic) bond motifs is 1. The van der Waals surface area contributed by atoms with Crippen LogP contribution in [-0.2, 0) is 12.8 Å². The second kappa shape index (κ2) is 14.9. The van der Waals surface area contributed by atoms with Crippen molar-refractivity contribution in [2.24, 2.45) is 11.8 Å². The third-order valence-corrected chi connectivity index (χ3v) is 8.42. The highest BCUT2D eigenvalue weighted by Gasteiger charge is 2.21. The van der Waals surface area contributed by atoms with Gasteiger partial charge < -0.3 is 0 Å². The van der Waals surface area contributed by atoms with Gasteiger partial charge in [-0.05, 0) is 98.1 Å². The van der Waals surface area contributed by atoms with E-state index >= 15 is 4.39 Å². The molecular formula is C37H45F. The van der Waals surface area contributed by atoms with Crippen LogP contribution in [0.3, 0.4) is 0 Å². The molecule has 200 valence electrons. The van der Waals surface area contributed by atoms with Crippen LogP contribution in [0.1, 0.15) is 107 Å². The van der Waals surface area contributed by atoms with E-state index in [1.54, 1.807) is 0 Å². The Morgan fingerprint density at radius 3 is 2.24 bits per heavy atom. The third kappa shape index (κ3) is 8.33. The topological polar surface area (TPSA) is 0 Å². The molecule has 4 rings (SSSR count). The van der Waals surface area contributed by atoms with E-state index in [2.05, 4.69) is 68.2 Å². The predicted molar refractivity (Wildman–Crippen MR) is 162 cm³/mol. The van der Waals surface area contributed by atoms with Crippen LogP contribution < -0.4 is 0 Å². The Bertz CT molecular complexity index is 1230. The van der Waals surface area contributed by atoms with Gasteiger partial charge in [-0.3, -0.25) is 0 Å². The molecule has 0 heterocycles. The minimum Gasteiger partial charge on any atom is -0.206 e. The van der Waals surface area contributed by atoms with E-state index < -0.39 is 0 Å². The Morgan fingerprint density at radius 1 is 0.789 bits per heavy atom. The van der Waals surface area contributed by atoms with Crippen molar-refractivity contribution in [2.45, 2.75) is 97.3 Å². The maximum Gasteiger partial charge on any atom is 0.134 e. The fraction of sp³-hybridized carbons (Fsp3) is 0.459. The number of hydrogen-bond donors (Lipinski definition) is 0. The van der Waals surface area contributed by atoms with E-state index in [0.29, 0.717) is 5.39 Å². The van der Waals surface area contributed by atoms with E-state index in [1.807, 2.05) is 24.3 Å². The van der Waals surface area contributed by atoms with Gasteiger partial charge in [0.2, 0.25) is 0 Å². The minimum atomic E-state index is -0.0448. The van der Waals surface area contributed by atoms with E-state index in [9.17, 15) is 0 Å².